The van der Waals surface area contributed by atoms with Crippen LogP contribution in [0.4, 0.5) is 0 Å². The van der Waals surface area contributed by atoms with Crippen molar-refractivity contribution in [2.24, 2.45) is 5.92 Å². The van der Waals surface area contributed by atoms with Gasteiger partial charge in [-0.25, -0.2) is 8.42 Å². The van der Waals surface area contributed by atoms with Crippen molar-refractivity contribution in [2.75, 3.05) is 0 Å². The molecule has 6 nitrogen and oxygen atoms in total. The molecule has 1 unspecified atom stereocenters. The number of hydrogen-bond acceptors (Lipinski definition) is 4. The van der Waals surface area contributed by atoms with Crippen molar-refractivity contribution in [1.29, 1.82) is 0 Å². The maximum Gasteiger partial charge on any atom is 0.322 e. The first-order valence-corrected chi connectivity index (χ1v) is 9.28. The lowest BCUT2D eigenvalue weighted by molar-refractivity contribution is -0.140. The molecule has 0 saturated carbocycles. The van der Waals surface area contributed by atoms with Crippen LogP contribution in [0.25, 0.3) is 11.1 Å². The molecule has 134 valence electrons. The van der Waals surface area contributed by atoms with Crippen LogP contribution in [0.1, 0.15) is 19.4 Å². The number of aliphatic carboxylic acids is 1. The van der Waals surface area contributed by atoms with E-state index in [1.165, 1.54) is 12.1 Å². The Morgan fingerprint density at radius 1 is 1.08 bits per heavy atom. The lowest BCUT2D eigenvalue weighted by Gasteiger charge is -2.18. The van der Waals surface area contributed by atoms with Gasteiger partial charge in [0.2, 0.25) is 10.0 Å². The van der Waals surface area contributed by atoms with E-state index in [1.807, 2.05) is 18.2 Å². The quantitative estimate of drug-likeness (QED) is 0.700. The zero-order valence-corrected chi connectivity index (χ0v) is 14.8. The molecule has 0 amide bonds. The normalized spacial score (nSPS) is 13.0. The number of sulfonamides is 1. The van der Waals surface area contributed by atoms with Gasteiger partial charge in [-0.2, -0.15) is 4.72 Å². The number of carboxylic acids is 1. The van der Waals surface area contributed by atoms with Crippen LogP contribution in [0.15, 0.2) is 53.4 Å². The molecule has 3 N–H and O–H groups in total. The summed E-state index contributed by atoms with van der Waals surface area (Å²) in [4.78, 5) is 11.2. The van der Waals surface area contributed by atoms with Gasteiger partial charge in [0.05, 0.1) is 11.5 Å². The Balaban J connectivity index is 2.27. The van der Waals surface area contributed by atoms with Gasteiger partial charge in [-0.3, -0.25) is 4.79 Å². The fourth-order valence-corrected chi connectivity index (χ4v) is 3.72. The Morgan fingerprint density at radius 2 is 1.72 bits per heavy atom. The highest BCUT2D eigenvalue weighted by Crippen LogP contribution is 2.23. The minimum Gasteiger partial charge on any atom is -0.480 e. The summed E-state index contributed by atoms with van der Waals surface area (Å²) in [6.07, 6.45) is 0. The van der Waals surface area contributed by atoms with Crippen LogP contribution in [0.3, 0.4) is 0 Å². The van der Waals surface area contributed by atoms with E-state index in [0.717, 1.165) is 16.7 Å². The largest absolute Gasteiger partial charge is 0.480 e. The van der Waals surface area contributed by atoms with Crippen LogP contribution in [-0.2, 0) is 21.4 Å². The second-order valence-electron chi connectivity index (χ2n) is 6.06. The molecule has 7 heteroatoms. The summed E-state index contributed by atoms with van der Waals surface area (Å²) in [6, 6.07) is 12.3. The Hall–Kier alpha value is -2.22. The molecule has 1 atom stereocenters. The maximum atomic E-state index is 12.4. The average molecular weight is 363 g/mol. The van der Waals surface area contributed by atoms with Crippen LogP contribution in [0, 0.1) is 5.92 Å². The third-order valence-corrected chi connectivity index (χ3v) is 5.28. The number of carbonyl (C=O) groups is 1. The van der Waals surface area contributed by atoms with Crippen molar-refractivity contribution in [1.82, 2.24) is 4.72 Å². The molecule has 0 saturated heterocycles. The molecule has 0 heterocycles. The van der Waals surface area contributed by atoms with E-state index in [1.54, 1.807) is 32.0 Å². The fraction of sp³-hybridized carbons (Fsp3) is 0.278. The molecule has 0 aliphatic carbocycles. The summed E-state index contributed by atoms with van der Waals surface area (Å²) in [6.45, 7) is 3.20. The highest BCUT2D eigenvalue weighted by molar-refractivity contribution is 7.89. The molecule has 2 rings (SSSR count). The Bertz CT molecular complexity index is 844. The monoisotopic (exact) mass is 363 g/mol. The average Bonchev–Trinajstić information content (AvgIpc) is 2.59. The van der Waals surface area contributed by atoms with E-state index in [-0.39, 0.29) is 17.4 Å². The first kappa shape index (κ1) is 19.1. The molecular weight excluding hydrogens is 342 g/mol. The smallest absolute Gasteiger partial charge is 0.322 e. The molecule has 0 fully saturated rings. The van der Waals surface area contributed by atoms with Crippen molar-refractivity contribution >= 4 is 16.0 Å². The second-order valence-corrected chi connectivity index (χ2v) is 7.78. The van der Waals surface area contributed by atoms with Gasteiger partial charge in [0.1, 0.15) is 6.04 Å². The van der Waals surface area contributed by atoms with Crippen LogP contribution < -0.4 is 4.72 Å². The minimum atomic E-state index is -3.93. The third-order valence-electron chi connectivity index (χ3n) is 3.82. The zero-order chi connectivity index (χ0) is 18.6. The molecule has 0 aliphatic rings. The SMILES string of the molecule is CC(C)C(NS(=O)(=O)c1ccc(-c2cccc(CO)c2)cc1)C(=O)O. The highest BCUT2D eigenvalue weighted by Gasteiger charge is 2.27. The van der Waals surface area contributed by atoms with E-state index in [4.69, 9.17) is 5.11 Å². The van der Waals surface area contributed by atoms with Crippen molar-refractivity contribution in [2.45, 2.75) is 31.4 Å². The molecule has 0 aromatic heterocycles. The van der Waals surface area contributed by atoms with Gasteiger partial charge in [-0.05, 0) is 40.8 Å². The van der Waals surface area contributed by atoms with Gasteiger partial charge in [0, 0.05) is 0 Å². The number of aliphatic hydroxyl groups is 1. The summed E-state index contributed by atoms with van der Waals surface area (Å²) < 4.78 is 27.0. The Kier molecular flexibility index (Phi) is 5.94. The summed E-state index contributed by atoms with van der Waals surface area (Å²) in [5.41, 5.74) is 2.42. The third kappa shape index (κ3) is 4.66. The minimum absolute atomic E-state index is 0.00135. The van der Waals surface area contributed by atoms with Crippen molar-refractivity contribution in [3.63, 3.8) is 0 Å². The van der Waals surface area contributed by atoms with E-state index >= 15 is 0 Å². The van der Waals surface area contributed by atoms with Crippen LogP contribution in [0.2, 0.25) is 0 Å². The van der Waals surface area contributed by atoms with Gasteiger partial charge in [0.25, 0.3) is 0 Å². The topological polar surface area (TPSA) is 104 Å². The van der Waals surface area contributed by atoms with Crippen molar-refractivity contribution in [3.8, 4) is 11.1 Å². The van der Waals surface area contributed by atoms with E-state index in [0.29, 0.717) is 0 Å². The molecule has 0 aliphatic heterocycles. The summed E-state index contributed by atoms with van der Waals surface area (Å²) in [7, 11) is -3.93. The Labute approximate surface area is 147 Å². The maximum absolute atomic E-state index is 12.4. The number of benzene rings is 2. The molecule has 2 aromatic rings. The molecule has 0 spiro atoms. The number of carboxylic acid groups (broad SMARTS) is 1. The van der Waals surface area contributed by atoms with Gasteiger partial charge in [-0.1, -0.05) is 44.2 Å². The number of aliphatic hydroxyl groups excluding tert-OH is 1. The standard InChI is InChI=1S/C18H21NO5S/c1-12(2)17(18(21)22)19-25(23,24)16-8-6-14(7-9-16)15-5-3-4-13(10-15)11-20/h3-10,12,17,19-20H,11H2,1-2H3,(H,21,22). The van der Waals surface area contributed by atoms with Gasteiger partial charge >= 0.3 is 5.97 Å². The fourth-order valence-electron chi connectivity index (χ4n) is 2.38. The molecule has 2 aromatic carbocycles. The van der Waals surface area contributed by atoms with E-state index < -0.39 is 22.0 Å². The summed E-state index contributed by atoms with van der Waals surface area (Å²) >= 11 is 0. The van der Waals surface area contributed by atoms with Gasteiger partial charge < -0.3 is 10.2 Å². The Morgan fingerprint density at radius 3 is 2.24 bits per heavy atom. The van der Waals surface area contributed by atoms with Crippen LogP contribution in [0.5, 0.6) is 0 Å². The van der Waals surface area contributed by atoms with Gasteiger partial charge in [-0.15, -0.1) is 0 Å². The predicted molar refractivity (Wildman–Crippen MR) is 94.4 cm³/mol. The molecular formula is C18H21NO5S. The predicted octanol–water partition coefficient (Wildman–Crippen LogP) is 2.23. The van der Waals surface area contributed by atoms with Crippen LogP contribution >= 0.6 is 0 Å². The number of nitrogens with one attached hydrogen (secondary N) is 1. The summed E-state index contributed by atoms with van der Waals surface area (Å²) in [5, 5.41) is 18.3. The van der Waals surface area contributed by atoms with E-state index in [9.17, 15) is 18.3 Å². The lowest BCUT2D eigenvalue weighted by atomic mass is 10.0. The zero-order valence-electron chi connectivity index (χ0n) is 14.0. The molecule has 0 radical (unpaired) electrons. The lowest BCUT2D eigenvalue weighted by Crippen LogP contribution is -2.44. The molecule has 0 bridgehead atoms. The van der Waals surface area contributed by atoms with Crippen molar-refractivity contribution < 1.29 is 23.4 Å². The first-order valence-electron chi connectivity index (χ1n) is 7.80. The summed E-state index contributed by atoms with van der Waals surface area (Å²) in [5.74, 6) is -1.59. The molecule has 25 heavy (non-hydrogen) atoms. The van der Waals surface area contributed by atoms with E-state index in [2.05, 4.69) is 4.72 Å². The number of rotatable bonds is 7. The van der Waals surface area contributed by atoms with Gasteiger partial charge in [0.15, 0.2) is 0 Å². The van der Waals surface area contributed by atoms with Crippen LogP contribution in [-0.4, -0.2) is 30.6 Å². The first-order chi connectivity index (χ1) is 11.7. The van der Waals surface area contributed by atoms with Crippen molar-refractivity contribution in [3.05, 3.63) is 54.1 Å². The second kappa shape index (κ2) is 7.77. The number of hydrogen-bond donors (Lipinski definition) is 3. The highest BCUT2D eigenvalue weighted by atomic mass is 32.2.